The fraction of sp³-hybridized carbons (Fsp3) is 0. The molecule has 0 saturated carbocycles. The average Bonchev–Trinajstić information content (AvgIpc) is 3.79. The van der Waals surface area contributed by atoms with Crippen LogP contribution in [0.15, 0.2) is 206 Å². The Morgan fingerprint density at radius 3 is 1.25 bits per heavy atom. The topological polar surface area (TPSA) is 35.6 Å². The second-order valence-corrected chi connectivity index (χ2v) is 14.2. The van der Waals surface area contributed by atoms with E-state index in [2.05, 4.69) is 203 Å². The van der Waals surface area contributed by atoms with E-state index in [-0.39, 0.29) is 0 Å². The van der Waals surface area contributed by atoms with Crippen molar-refractivity contribution in [3.8, 4) is 56.4 Å². The summed E-state index contributed by atoms with van der Waals surface area (Å²) in [5.41, 5.74) is 14.1. The van der Waals surface area contributed by atoms with Crippen LogP contribution in [-0.2, 0) is 0 Å². The molecule has 4 nitrogen and oxygen atoms in total. The number of hydrogen-bond donors (Lipinski definition) is 0. The van der Waals surface area contributed by atoms with Gasteiger partial charge in [-0.05, 0) is 65.7 Å². The van der Waals surface area contributed by atoms with Gasteiger partial charge in [0.25, 0.3) is 0 Å². The average molecular weight is 715 g/mol. The van der Waals surface area contributed by atoms with Crippen molar-refractivity contribution in [2.24, 2.45) is 0 Å². The lowest BCUT2D eigenvalue weighted by Crippen LogP contribution is -1.98. The molecule has 11 aromatic rings. The first-order chi connectivity index (χ1) is 27.8. The number of benzene rings is 8. The molecular weight excluding hydrogens is 681 g/mol. The van der Waals surface area contributed by atoms with Crippen LogP contribution in [-0.4, -0.2) is 19.1 Å². The highest BCUT2D eigenvalue weighted by Crippen LogP contribution is 2.39. The highest BCUT2D eigenvalue weighted by atomic mass is 15.0. The number of nitrogens with zero attached hydrogens (tertiary/aromatic N) is 4. The van der Waals surface area contributed by atoms with Gasteiger partial charge >= 0.3 is 0 Å². The molecule has 0 aliphatic heterocycles. The zero-order chi connectivity index (χ0) is 37.0. The fourth-order valence-electron chi connectivity index (χ4n) is 8.31. The molecule has 0 spiro atoms. The standard InChI is InChI=1S/C52H34N4/c1-4-15-35(16-5-1)46-34-47(36-17-6-2-7-18-36)54-52(53-46)39-19-14-22-41(31-39)56-49-26-13-11-24-43(49)45-30-28-38(33-51(45)56)37-27-29-44-42-23-10-12-25-48(42)55(50(44)32-37)40-20-8-3-9-21-40/h1-34H. The van der Waals surface area contributed by atoms with E-state index in [9.17, 15) is 0 Å². The van der Waals surface area contributed by atoms with Crippen molar-refractivity contribution in [3.05, 3.63) is 206 Å². The number of para-hydroxylation sites is 3. The number of hydrogen-bond acceptors (Lipinski definition) is 2. The van der Waals surface area contributed by atoms with Crippen LogP contribution in [0, 0.1) is 0 Å². The van der Waals surface area contributed by atoms with Gasteiger partial charge in [-0.25, -0.2) is 9.97 Å². The summed E-state index contributed by atoms with van der Waals surface area (Å²) in [6.45, 7) is 0. The molecule has 0 saturated heterocycles. The highest BCUT2D eigenvalue weighted by molar-refractivity contribution is 6.12. The molecule has 0 unspecified atom stereocenters. The highest BCUT2D eigenvalue weighted by Gasteiger charge is 2.17. The Kier molecular flexibility index (Phi) is 7.46. The SMILES string of the molecule is c1ccc(-c2cc(-c3ccccc3)nc(-c3cccc(-n4c5ccccc5c5ccc(-c6ccc7c8ccccc8n(-c8ccccc8)c7c6)cc54)c3)n2)cc1. The summed E-state index contributed by atoms with van der Waals surface area (Å²) < 4.78 is 4.77. The minimum Gasteiger partial charge on any atom is -0.309 e. The third-order valence-electron chi connectivity index (χ3n) is 10.9. The Balaban J connectivity index is 1.08. The molecular formula is C52H34N4. The van der Waals surface area contributed by atoms with Gasteiger partial charge in [0.15, 0.2) is 5.82 Å². The molecule has 11 rings (SSSR count). The Hall–Kier alpha value is -7.56. The van der Waals surface area contributed by atoms with Crippen molar-refractivity contribution in [2.75, 3.05) is 0 Å². The van der Waals surface area contributed by atoms with Crippen LogP contribution in [0.5, 0.6) is 0 Å². The minimum absolute atomic E-state index is 0.690. The van der Waals surface area contributed by atoms with Gasteiger partial charge in [0.05, 0.1) is 33.5 Å². The second kappa shape index (κ2) is 13.1. The monoisotopic (exact) mass is 714 g/mol. The lowest BCUT2D eigenvalue weighted by molar-refractivity contribution is 1.16. The maximum absolute atomic E-state index is 5.15. The molecule has 0 bridgehead atoms. The zero-order valence-electron chi connectivity index (χ0n) is 30.4. The van der Waals surface area contributed by atoms with Crippen LogP contribution in [0.3, 0.4) is 0 Å². The molecule has 0 radical (unpaired) electrons. The van der Waals surface area contributed by atoms with Crippen molar-refractivity contribution in [1.29, 1.82) is 0 Å². The van der Waals surface area contributed by atoms with Crippen molar-refractivity contribution in [1.82, 2.24) is 19.1 Å². The van der Waals surface area contributed by atoms with E-state index in [1.807, 2.05) is 12.1 Å². The van der Waals surface area contributed by atoms with Gasteiger partial charge < -0.3 is 9.13 Å². The van der Waals surface area contributed by atoms with E-state index in [0.717, 1.165) is 56.0 Å². The summed E-state index contributed by atoms with van der Waals surface area (Å²) in [6.07, 6.45) is 0. The molecule has 3 heterocycles. The zero-order valence-corrected chi connectivity index (χ0v) is 30.4. The molecule has 56 heavy (non-hydrogen) atoms. The minimum atomic E-state index is 0.690. The maximum Gasteiger partial charge on any atom is 0.160 e. The Morgan fingerprint density at radius 1 is 0.268 bits per heavy atom. The van der Waals surface area contributed by atoms with E-state index >= 15 is 0 Å². The summed E-state index contributed by atoms with van der Waals surface area (Å²) >= 11 is 0. The van der Waals surface area contributed by atoms with Crippen LogP contribution in [0.4, 0.5) is 0 Å². The van der Waals surface area contributed by atoms with Crippen molar-refractivity contribution >= 4 is 43.6 Å². The second-order valence-electron chi connectivity index (χ2n) is 14.2. The predicted molar refractivity (Wildman–Crippen MR) is 232 cm³/mol. The van der Waals surface area contributed by atoms with Crippen molar-refractivity contribution in [3.63, 3.8) is 0 Å². The molecule has 0 fully saturated rings. The molecule has 0 aliphatic carbocycles. The van der Waals surface area contributed by atoms with Crippen LogP contribution in [0.1, 0.15) is 0 Å². The maximum atomic E-state index is 5.15. The Labute approximate surface area is 324 Å². The first kappa shape index (κ1) is 31.9. The fourth-order valence-corrected chi connectivity index (χ4v) is 8.31. The number of fused-ring (bicyclic) bond motifs is 6. The molecule has 0 aliphatic rings. The first-order valence-corrected chi connectivity index (χ1v) is 19.0. The summed E-state index contributed by atoms with van der Waals surface area (Å²) in [5.74, 6) is 0.690. The third-order valence-corrected chi connectivity index (χ3v) is 10.9. The van der Waals surface area contributed by atoms with Crippen LogP contribution in [0.2, 0.25) is 0 Å². The molecule has 8 aromatic carbocycles. The normalized spacial score (nSPS) is 11.6. The summed E-state index contributed by atoms with van der Waals surface area (Å²) in [4.78, 5) is 10.3. The van der Waals surface area contributed by atoms with Gasteiger partial charge in [-0.2, -0.15) is 0 Å². The van der Waals surface area contributed by atoms with Gasteiger partial charge in [0, 0.05) is 49.6 Å². The quantitative estimate of drug-likeness (QED) is 0.172. The molecule has 262 valence electrons. The van der Waals surface area contributed by atoms with E-state index < -0.39 is 0 Å². The number of rotatable bonds is 6. The van der Waals surface area contributed by atoms with Gasteiger partial charge in [0.1, 0.15) is 0 Å². The lowest BCUT2D eigenvalue weighted by Gasteiger charge is -2.13. The Bertz CT molecular complexity index is 3170. The first-order valence-electron chi connectivity index (χ1n) is 19.0. The van der Waals surface area contributed by atoms with Crippen LogP contribution < -0.4 is 0 Å². The summed E-state index contributed by atoms with van der Waals surface area (Å²) in [5, 5.41) is 4.92. The molecule has 0 atom stereocenters. The lowest BCUT2D eigenvalue weighted by atomic mass is 10.0. The largest absolute Gasteiger partial charge is 0.309 e. The van der Waals surface area contributed by atoms with Gasteiger partial charge in [-0.15, -0.1) is 0 Å². The van der Waals surface area contributed by atoms with E-state index in [1.165, 1.54) is 38.1 Å². The third kappa shape index (κ3) is 5.31. The Morgan fingerprint density at radius 2 is 0.696 bits per heavy atom. The number of aromatic nitrogens is 4. The smallest absolute Gasteiger partial charge is 0.160 e. The molecule has 0 N–H and O–H groups in total. The summed E-state index contributed by atoms with van der Waals surface area (Å²) in [7, 11) is 0. The predicted octanol–water partition coefficient (Wildman–Crippen LogP) is 13.3. The van der Waals surface area contributed by atoms with Crippen molar-refractivity contribution < 1.29 is 0 Å². The van der Waals surface area contributed by atoms with E-state index in [1.54, 1.807) is 0 Å². The van der Waals surface area contributed by atoms with Crippen LogP contribution in [0.25, 0.3) is 100 Å². The molecule has 4 heteroatoms. The van der Waals surface area contributed by atoms with Gasteiger partial charge in [0.2, 0.25) is 0 Å². The molecule has 0 amide bonds. The van der Waals surface area contributed by atoms with E-state index in [4.69, 9.17) is 9.97 Å². The van der Waals surface area contributed by atoms with E-state index in [0.29, 0.717) is 5.82 Å². The van der Waals surface area contributed by atoms with Gasteiger partial charge in [-0.1, -0.05) is 152 Å². The van der Waals surface area contributed by atoms with Crippen LogP contribution >= 0.6 is 0 Å². The summed E-state index contributed by atoms with van der Waals surface area (Å²) in [6, 6.07) is 73.2. The van der Waals surface area contributed by atoms with Gasteiger partial charge in [-0.3, -0.25) is 0 Å². The molecule has 3 aromatic heterocycles. The van der Waals surface area contributed by atoms with Crippen molar-refractivity contribution in [2.45, 2.75) is 0 Å².